The van der Waals surface area contributed by atoms with Crippen LogP contribution in [-0.2, 0) is 11.3 Å². The standard InChI is InChI=1S/C21H24FN3O2/c22-16-8-4-10-23-17(16)13-25-11-5-9-21(14-25)12-18(26)19(24-20(21)27)15-6-2-1-3-7-15/h1-4,6-8,10,18-19,26H,5,9,11-14H2,(H,24,27)/t18-,19+,21-/m1/s1. The number of aromatic nitrogens is 1. The number of hydrogen-bond acceptors (Lipinski definition) is 4. The molecule has 0 aliphatic carbocycles. The second-order valence-corrected chi connectivity index (χ2v) is 7.66. The SMILES string of the molecule is O=C1N[C@@H](c2ccccc2)[C@H](O)C[C@@]12CCCN(Cc1ncccc1F)C2. The first-order valence-corrected chi connectivity index (χ1v) is 9.43. The summed E-state index contributed by atoms with van der Waals surface area (Å²) in [4.78, 5) is 19.2. The monoisotopic (exact) mass is 369 g/mol. The smallest absolute Gasteiger partial charge is 0.228 e. The van der Waals surface area contributed by atoms with Crippen molar-refractivity contribution in [3.63, 3.8) is 0 Å². The Bertz CT molecular complexity index is 816. The van der Waals surface area contributed by atoms with Crippen LogP contribution in [0.3, 0.4) is 0 Å². The Hall–Kier alpha value is -2.31. The maximum absolute atomic E-state index is 13.9. The predicted molar refractivity (Wildman–Crippen MR) is 99.1 cm³/mol. The van der Waals surface area contributed by atoms with Crippen LogP contribution >= 0.6 is 0 Å². The Balaban J connectivity index is 1.50. The van der Waals surface area contributed by atoms with Gasteiger partial charge < -0.3 is 10.4 Å². The van der Waals surface area contributed by atoms with E-state index in [4.69, 9.17) is 0 Å². The van der Waals surface area contributed by atoms with E-state index >= 15 is 0 Å². The third kappa shape index (κ3) is 3.59. The number of pyridine rings is 1. The highest BCUT2D eigenvalue weighted by molar-refractivity contribution is 5.84. The van der Waals surface area contributed by atoms with Gasteiger partial charge in [0.1, 0.15) is 5.82 Å². The van der Waals surface area contributed by atoms with Crippen molar-refractivity contribution < 1.29 is 14.3 Å². The van der Waals surface area contributed by atoms with Crippen molar-refractivity contribution >= 4 is 5.91 Å². The summed E-state index contributed by atoms with van der Waals surface area (Å²) in [5.41, 5.74) is 0.679. The predicted octanol–water partition coefficient (Wildman–Crippen LogP) is 2.43. The van der Waals surface area contributed by atoms with Gasteiger partial charge in [-0.2, -0.15) is 0 Å². The van der Waals surface area contributed by atoms with Crippen molar-refractivity contribution in [2.24, 2.45) is 5.41 Å². The fourth-order valence-corrected chi connectivity index (χ4v) is 4.43. The molecule has 3 atom stereocenters. The summed E-state index contributed by atoms with van der Waals surface area (Å²) in [6, 6.07) is 12.2. The highest BCUT2D eigenvalue weighted by atomic mass is 19.1. The number of rotatable bonds is 3. The molecule has 0 unspecified atom stereocenters. The molecule has 1 aromatic carbocycles. The lowest BCUT2D eigenvalue weighted by Crippen LogP contribution is -2.59. The van der Waals surface area contributed by atoms with Gasteiger partial charge in [0.25, 0.3) is 0 Å². The van der Waals surface area contributed by atoms with E-state index in [0.717, 1.165) is 24.9 Å². The molecule has 2 aliphatic rings. The summed E-state index contributed by atoms with van der Waals surface area (Å²) in [5.74, 6) is -0.345. The lowest BCUT2D eigenvalue weighted by atomic mass is 9.70. The lowest BCUT2D eigenvalue weighted by molar-refractivity contribution is -0.145. The molecule has 3 heterocycles. The van der Waals surface area contributed by atoms with Crippen molar-refractivity contribution in [1.29, 1.82) is 0 Å². The summed E-state index contributed by atoms with van der Waals surface area (Å²) < 4.78 is 13.9. The molecule has 2 saturated heterocycles. The van der Waals surface area contributed by atoms with Crippen LogP contribution < -0.4 is 5.32 Å². The van der Waals surface area contributed by atoms with Crippen LogP contribution in [0.2, 0.25) is 0 Å². The molecular formula is C21H24FN3O2. The number of carbonyl (C=O) groups is 1. The first-order valence-electron chi connectivity index (χ1n) is 9.43. The minimum atomic E-state index is -0.642. The van der Waals surface area contributed by atoms with E-state index in [0.29, 0.717) is 25.2 Å². The maximum Gasteiger partial charge on any atom is 0.228 e. The molecule has 0 radical (unpaired) electrons. The van der Waals surface area contributed by atoms with Gasteiger partial charge in [-0.3, -0.25) is 14.7 Å². The summed E-state index contributed by atoms with van der Waals surface area (Å²) in [7, 11) is 0. The highest BCUT2D eigenvalue weighted by Gasteiger charge is 2.49. The van der Waals surface area contributed by atoms with Crippen LogP contribution in [0.4, 0.5) is 4.39 Å². The molecule has 1 spiro atoms. The number of benzene rings is 1. The Morgan fingerprint density at radius 3 is 2.85 bits per heavy atom. The van der Waals surface area contributed by atoms with Gasteiger partial charge in [0.05, 0.1) is 23.3 Å². The van der Waals surface area contributed by atoms with Crippen molar-refractivity contribution in [1.82, 2.24) is 15.2 Å². The number of amides is 1. The molecule has 0 saturated carbocycles. The number of nitrogens with one attached hydrogen (secondary N) is 1. The molecule has 1 amide bonds. The van der Waals surface area contributed by atoms with E-state index < -0.39 is 11.5 Å². The summed E-state index contributed by atoms with van der Waals surface area (Å²) >= 11 is 0. The van der Waals surface area contributed by atoms with Gasteiger partial charge >= 0.3 is 0 Å². The van der Waals surface area contributed by atoms with Crippen LogP contribution in [0.25, 0.3) is 0 Å². The van der Waals surface area contributed by atoms with Gasteiger partial charge in [0.2, 0.25) is 5.91 Å². The molecule has 27 heavy (non-hydrogen) atoms. The Morgan fingerprint density at radius 1 is 1.26 bits per heavy atom. The first-order chi connectivity index (χ1) is 13.1. The molecule has 2 aromatic rings. The zero-order valence-electron chi connectivity index (χ0n) is 15.1. The largest absolute Gasteiger partial charge is 0.391 e. The Labute approximate surface area is 158 Å². The number of carbonyl (C=O) groups excluding carboxylic acids is 1. The van der Waals surface area contributed by atoms with Crippen LogP contribution in [-0.4, -0.2) is 40.1 Å². The van der Waals surface area contributed by atoms with Gasteiger partial charge in [-0.1, -0.05) is 30.3 Å². The van der Waals surface area contributed by atoms with Gasteiger partial charge in [-0.05, 0) is 43.5 Å². The summed E-state index contributed by atoms with van der Waals surface area (Å²) in [6.45, 7) is 1.68. The summed E-state index contributed by atoms with van der Waals surface area (Å²) in [5, 5.41) is 13.8. The number of halogens is 1. The fourth-order valence-electron chi connectivity index (χ4n) is 4.43. The quantitative estimate of drug-likeness (QED) is 0.872. The zero-order chi connectivity index (χ0) is 18.9. The number of aliphatic hydroxyl groups excluding tert-OH is 1. The van der Waals surface area contributed by atoms with E-state index in [2.05, 4.69) is 15.2 Å². The number of aliphatic hydroxyl groups is 1. The van der Waals surface area contributed by atoms with Crippen molar-refractivity contribution in [3.8, 4) is 0 Å². The van der Waals surface area contributed by atoms with Crippen LogP contribution in [0, 0.1) is 11.2 Å². The molecule has 4 rings (SSSR count). The molecular weight excluding hydrogens is 345 g/mol. The van der Waals surface area contributed by atoms with E-state index in [1.807, 2.05) is 30.3 Å². The lowest BCUT2D eigenvalue weighted by Gasteiger charge is -2.47. The molecule has 2 aliphatic heterocycles. The molecule has 142 valence electrons. The second-order valence-electron chi connectivity index (χ2n) is 7.66. The van der Waals surface area contributed by atoms with Crippen LogP contribution in [0.5, 0.6) is 0 Å². The van der Waals surface area contributed by atoms with Crippen LogP contribution in [0.15, 0.2) is 48.7 Å². The van der Waals surface area contributed by atoms with Gasteiger partial charge in [0, 0.05) is 19.3 Å². The normalized spacial score (nSPS) is 28.9. The fraction of sp³-hybridized carbons (Fsp3) is 0.429. The van der Waals surface area contributed by atoms with Gasteiger partial charge in [-0.25, -0.2) is 4.39 Å². The Kier molecular flexibility index (Phi) is 4.93. The minimum absolute atomic E-state index is 0.0205. The highest BCUT2D eigenvalue weighted by Crippen LogP contribution is 2.41. The van der Waals surface area contributed by atoms with Crippen molar-refractivity contribution in [2.75, 3.05) is 13.1 Å². The van der Waals surface area contributed by atoms with Crippen molar-refractivity contribution in [2.45, 2.75) is 38.0 Å². The molecule has 5 nitrogen and oxygen atoms in total. The average molecular weight is 369 g/mol. The molecule has 2 fully saturated rings. The van der Waals surface area contributed by atoms with Gasteiger partial charge in [-0.15, -0.1) is 0 Å². The second kappa shape index (κ2) is 7.37. The third-order valence-electron chi connectivity index (χ3n) is 5.78. The average Bonchev–Trinajstić information content (AvgIpc) is 2.68. The van der Waals surface area contributed by atoms with E-state index in [1.54, 1.807) is 12.3 Å². The molecule has 0 bridgehead atoms. The molecule has 1 aromatic heterocycles. The van der Waals surface area contributed by atoms with E-state index in [1.165, 1.54) is 6.07 Å². The molecule has 6 heteroatoms. The minimum Gasteiger partial charge on any atom is -0.391 e. The number of likely N-dealkylation sites (tertiary alicyclic amines) is 1. The maximum atomic E-state index is 13.9. The molecule has 2 N–H and O–H groups in total. The number of hydrogen-bond donors (Lipinski definition) is 2. The summed E-state index contributed by atoms with van der Waals surface area (Å²) in [6.07, 6.45) is 2.93. The zero-order valence-corrected chi connectivity index (χ0v) is 15.1. The van der Waals surface area contributed by atoms with Crippen LogP contribution in [0.1, 0.15) is 36.6 Å². The number of nitrogens with zero attached hydrogens (tertiary/aromatic N) is 2. The number of piperidine rings is 2. The van der Waals surface area contributed by atoms with E-state index in [9.17, 15) is 14.3 Å². The topological polar surface area (TPSA) is 65.5 Å². The van der Waals surface area contributed by atoms with Gasteiger partial charge in [0.15, 0.2) is 0 Å². The Morgan fingerprint density at radius 2 is 2.07 bits per heavy atom. The van der Waals surface area contributed by atoms with E-state index in [-0.39, 0.29) is 17.8 Å². The first kappa shape index (κ1) is 18.1. The van der Waals surface area contributed by atoms with Crippen molar-refractivity contribution in [3.05, 3.63) is 65.7 Å². The third-order valence-corrected chi connectivity index (χ3v) is 5.78.